The average molecular weight is 429 g/mol. The molecule has 23 heavy (non-hydrogen) atoms. The molecule has 0 radical (unpaired) electrons. The Morgan fingerprint density at radius 2 is 2.00 bits per heavy atom. The van der Waals surface area contributed by atoms with Gasteiger partial charge in [-0.25, -0.2) is 9.38 Å². The molecule has 124 valence electrons. The third-order valence-corrected chi connectivity index (χ3v) is 3.25. The fourth-order valence-corrected chi connectivity index (χ4v) is 2.01. The Hall–Kier alpha value is -1.67. The van der Waals surface area contributed by atoms with Gasteiger partial charge in [0.25, 0.3) is 0 Å². The molecule has 3 N–H and O–H groups in total. The van der Waals surface area contributed by atoms with Crippen LogP contribution in [0.25, 0.3) is 0 Å². The number of methoxy groups -OCH3 is 1. The summed E-state index contributed by atoms with van der Waals surface area (Å²) in [7, 11) is 1.64. The van der Waals surface area contributed by atoms with Crippen molar-refractivity contribution in [2.24, 2.45) is 10.7 Å². The van der Waals surface area contributed by atoms with Crippen LogP contribution in [0.4, 0.5) is 10.1 Å². The Morgan fingerprint density at radius 1 is 1.26 bits per heavy atom. The largest absolute Gasteiger partial charge is 0.380 e. The Kier molecular flexibility index (Phi) is 7.97. The molecule has 6 heteroatoms. The second kappa shape index (κ2) is 9.46. The van der Waals surface area contributed by atoms with Crippen LogP contribution in [0.2, 0.25) is 0 Å². The van der Waals surface area contributed by atoms with Crippen molar-refractivity contribution in [1.82, 2.24) is 0 Å². The van der Waals surface area contributed by atoms with Crippen LogP contribution >= 0.6 is 24.0 Å². The van der Waals surface area contributed by atoms with Gasteiger partial charge < -0.3 is 15.8 Å². The highest BCUT2D eigenvalue weighted by molar-refractivity contribution is 14.0. The van der Waals surface area contributed by atoms with Gasteiger partial charge in [0.1, 0.15) is 5.82 Å². The number of aryl methyl sites for hydroxylation is 1. The number of anilines is 1. The van der Waals surface area contributed by atoms with Crippen molar-refractivity contribution in [3.63, 3.8) is 0 Å². The topological polar surface area (TPSA) is 59.6 Å². The van der Waals surface area contributed by atoms with E-state index in [-0.39, 0.29) is 35.8 Å². The maximum absolute atomic E-state index is 13.5. The molecule has 0 fully saturated rings. The number of guanidine groups is 1. The summed E-state index contributed by atoms with van der Waals surface area (Å²) in [5.74, 6) is 0.0502. The molecule has 0 aromatic heterocycles. The van der Waals surface area contributed by atoms with E-state index in [2.05, 4.69) is 10.3 Å². The highest BCUT2D eigenvalue weighted by Crippen LogP contribution is 2.15. The second-order valence-electron chi connectivity index (χ2n) is 5.00. The van der Waals surface area contributed by atoms with E-state index in [1.807, 2.05) is 30.3 Å². The molecule has 2 aromatic rings. The van der Waals surface area contributed by atoms with Crippen LogP contribution in [0.5, 0.6) is 0 Å². The zero-order valence-corrected chi connectivity index (χ0v) is 15.5. The van der Waals surface area contributed by atoms with Crippen LogP contribution in [0.1, 0.15) is 16.7 Å². The number of aliphatic imine (C=N–C) groups is 1. The lowest BCUT2D eigenvalue weighted by Crippen LogP contribution is -2.23. The van der Waals surface area contributed by atoms with E-state index < -0.39 is 0 Å². The third kappa shape index (κ3) is 5.80. The maximum Gasteiger partial charge on any atom is 0.193 e. The van der Waals surface area contributed by atoms with Gasteiger partial charge in [0.2, 0.25) is 0 Å². The highest BCUT2D eigenvalue weighted by Gasteiger charge is 2.03. The number of para-hydroxylation sites is 1. The van der Waals surface area contributed by atoms with Crippen molar-refractivity contribution < 1.29 is 9.13 Å². The quantitative estimate of drug-likeness (QED) is 0.432. The SMILES string of the molecule is COCc1ccccc1NC(N)=NCc1ccc(C)c(F)c1.I. The lowest BCUT2D eigenvalue weighted by molar-refractivity contribution is 0.185. The van der Waals surface area contributed by atoms with Gasteiger partial charge in [0, 0.05) is 18.4 Å². The van der Waals surface area contributed by atoms with E-state index in [1.165, 1.54) is 6.07 Å². The van der Waals surface area contributed by atoms with Crippen LogP contribution < -0.4 is 11.1 Å². The molecule has 0 saturated carbocycles. The zero-order valence-electron chi connectivity index (χ0n) is 13.2. The number of hydrogen-bond donors (Lipinski definition) is 2. The molecular formula is C17H21FIN3O. The molecular weight excluding hydrogens is 408 g/mol. The Labute approximate surface area is 153 Å². The molecule has 0 aliphatic carbocycles. The summed E-state index contributed by atoms with van der Waals surface area (Å²) >= 11 is 0. The minimum atomic E-state index is -0.232. The minimum Gasteiger partial charge on any atom is -0.380 e. The van der Waals surface area contributed by atoms with Crippen molar-refractivity contribution in [3.8, 4) is 0 Å². The van der Waals surface area contributed by atoms with E-state index in [0.29, 0.717) is 18.7 Å². The van der Waals surface area contributed by atoms with Gasteiger partial charge in [-0.1, -0.05) is 30.3 Å². The lowest BCUT2D eigenvalue weighted by atomic mass is 10.1. The first-order chi connectivity index (χ1) is 10.6. The normalized spacial score (nSPS) is 11.0. The fourth-order valence-electron chi connectivity index (χ4n) is 2.01. The Balaban J connectivity index is 0.00000264. The fraction of sp³-hybridized carbons (Fsp3) is 0.235. The van der Waals surface area contributed by atoms with Crippen LogP contribution in [0.15, 0.2) is 47.5 Å². The van der Waals surface area contributed by atoms with Gasteiger partial charge in [0.15, 0.2) is 5.96 Å². The van der Waals surface area contributed by atoms with Crippen molar-refractivity contribution in [1.29, 1.82) is 0 Å². The smallest absolute Gasteiger partial charge is 0.193 e. The summed E-state index contributed by atoms with van der Waals surface area (Å²) in [5, 5.41) is 3.05. The zero-order chi connectivity index (χ0) is 15.9. The third-order valence-electron chi connectivity index (χ3n) is 3.25. The van der Waals surface area contributed by atoms with E-state index >= 15 is 0 Å². The minimum absolute atomic E-state index is 0. The van der Waals surface area contributed by atoms with Crippen LogP contribution in [-0.2, 0) is 17.9 Å². The summed E-state index contributed by atoms with van der Waals surface area (Å²) in [6, 6.07) is 12.7. The van der Waals surface area contributed by atoms with E-state index in [4.69, 9.17) is 10.5 Å². The van der Waals surface area contributed by atoms with Crippen LogP contribution in [0, 0.1) is 12.7 Å². The van der Waals surface area contributed by atoms with Gasteiger partial charge in [-0.3, -0.25) is 0 Å². The van der Waals surface area contributed by atoms with E-state index in [9.17, 15) is 4.39 Å². The van der Waals surface area contributed by atoms with Crippen LogP contribution in [-0.4, -0.2) is 13.1 Å². The Morgan fingerprint density at radius 3 is 2.70 bits per heavy atom. The number of nitrogens with two attached hydrogens (primary N) is 1. The van der Waals surface area contributed by atoms with Gasteiger partial charge in [-0.15, -0.1) is 24.0 Å². The van der Waals surface area contributed by atoms with Gasteiger partial charge in [-0.05, 0) is 30.2 Å². The van der Waals surface area contributed by atoms with Crippen molar-refractivity contribution >= 4 is 35.6 Å². The van der Waals surface area contributed by atoms with Gasteiger partial charge in [-0.2, -0.15) is 0 Å². The van der Waals surface area contributed by atoms with Gasteiger partial charge >= 0.3 is 0 Å². The number of nitrogens with zero attached hydrogens (tertiary/aromatic N) is 1. The molecule has 0 amide bonds. The number of halogens is 2. The Bertz CT molecular complexity index is 677. The first kappa shape index (κ1) is 19.4. The standard InChI is InChI=1S/C17H20FN3O.HI/c1-12-7-8-13(9-15(12)18)10-20-17(19)21-16-6-4-3-5-14(16)11-22-2;/h3-9H,10-11H2,1-2H3,(H3,19,20,21);1H. The number of hydrogen-bond acceptors (Lipinski definition) is 2. The van der Waals surface area contributed by atoms with E-state index in [1.54, 1.807) is 20.1 Å². The molecule has 0 aliphatic rings. The van der Waals surface area contributed by atoms with Crippen molar-refractivity contribution in [2.75, 3.05) is 12.4 Å². The molecule has 2 rings (SSSR count). The second-order valence-corrected chi connectivity index (χ2v) is 5.00. The first-order valence-corrected chi connectivity index (χ1v) is 6.99. The first-order valence-electron chi connectivity index (χ1n) is 6.99. The molecule has 0 heterocycles. The van der Waals surface area contributed by atoms with E-state index in [0.717, 1.165) is 16.8 Å². The molecule has 0 unspecified atom stereocenters. The monoisotopic (exact) mass is 429 g/mol. The predicted octanol–water partition coefficient (Wildman–Crippen LogP) is 3.83. The molecule has 0 saturated heterocycles. The predicted molar refractivity (Wildman–Crippen MR) is 103 cm³/mol. The number of nitrogens with one attached hydrogen (secondary N) is 1. The molecule has 0 aliphatic heterocycles. The summed E-state index contributed by atoms with van der Waals surface area (Å²) in [5.41, 5.74) is 9.12. The summed E-state index contributed by atoms with van der Waals surface area (Å²) < 4.78 is 18.6. The summed E-state index contributed by atoms with van der Waals surface area (Å²) in [6.07, 6.45) is 0. The number of benzene rings is 2. The van der Waals surface area contributed by atoms with Crippen molar-refractivity contribution in [2.45, 2.75) is 20.1 Å². The lowest BCUT2D eigenvalue weighted by Gasteiger charge is -2.11. The molecule has 2 aromatic carbocycles. The molecule has 0 atom stereocenters. The maximum atomic E-state index is 13.5. The van der Waals surface area contributed by atoms with Crippen LogP contribution in [0.3, 0.4) is 0 Å². The molecule has 0 bridgehead atoms. The number of rotatable bonds is 5. The summed E-state index contributed by atoms with van der Waals surface area (Å²) in [4.78, 5) is 4.24. The summed E-state index contributed by atoms with van der Waals surface area (Å²) in [6.45, 7) is 2.53. The highest BCUT2D eigenvalue weighted by atomic mass is 127. The van der Waals surface area contributed by atoms with Gasteiger partial charge in [0.05, 0.1) is 13.2 Å². The molecule has 4 nitrogen and oxygen atoms in total. The van der Waals surface area contributed by atoms with Crippen molar-refractivity contribution in [3.05, 3.63) is 65.0 Å². The average Bonchev–Trinajstić information content (AvgIpc) is 2.51. The number of ether oxygens (including phenoxy) is 1. The molecule has 0 spiro atoms.